The zero-order chi connectivity index (χ0) is 14.7. The SMILES string of the molecule is COc1cccc(-c2nnn(CCn3cc(Br)cn3)n2)c1. The number of nitrogens with zero attached hydrogens (tertiary/aromatic N) is 6. The number of benzene rings is 1. The van der Waals surface area contributed by atoms with Gasteiger partial charge in [0.15, 0.2) is 0 Å². The van der Waals surface area contributed by atoms with E-state index < -0.39 is 0 Å². The van der Waals surface area contributed by atoms with Gasteiger partial charge in [0.1, 0.15) is 5.75 Å². The first kappa shape index (κ1) is 13.7. The lowest BCUT2D eigenvalue weighted by Crippen LogP contribution is -2.10. The number of halogens is 1. The maximum atomic E-state index is 5.19. The molecular formula is C13H13BrN6O. The first-order chi connectivity index (χ1) is 10.2. The maximum absolute atomic E-state index is 5.19. The molecule has 0 aliphatic heterocycles. The molecule has 108 valence electrons. The fourth-order valence-corrected chi connectivity index (χ4v) is 2.20. The van der Waals surface area contributed by atoms with Gasteiger partial charge in [-0.3, -0.25) is 4.68 Å². The molecule has 3 rings (SSSR count). The van der Waals surface area contributed by atoms with Gasteiger partial charge in [0.25, 0.3) is 0 Å². The maximum Gasteiger partial charge on any atom is 0.205 e. The van der Waals surface area contributed by atoms with E-state index in [-0.39, 0.29) is 0 Å². The summed E-state index contributed by atoms with van der Waals surface area (Å²) >= 11 is 3.36. The number of hydrogen-bond donors (Lipinski definition) is 0. The summed E-state index contributed by atoms with van der Waals surface area (Å²) in [4.78, 5) is 1.56. The summed E-state index contributed by atoms with van der Waals surface area (Å²) in [5, 5.41) is 16.7. The van der Waals surface area contributed by atoms with E-state index in [2.05, 4.69) is 36.4 Å². The highest BCUT2D eigenvalue weighted by molar-refractivity contribution is 9.10. The molecule has 0 radical (unpaired) electrons. The van der Waals surface area contributed by atoms with Crippen molar-refractivity contribution in [2.45, 2.75) is 13.1 Å². The molecule has 2 heterocycles. The lowest BCUT2D eigenvalue weighted by atomic mass is 10.2. The summed E-state index contributed by atoms with van der Waals surface area (Å²) in [7, 11) is 1.63. The first-order valence-electron chi connectivity index (χ1n) is 6.35. The second kappa shape index (κ2) is 6.04. The number of methoxy groups -OCH3 is 1. The van der Waals surface area contributed by atoms with Gasteiger partial charge in [-0.2, -0.15) is 9.90 Å². The largest absolute Gasteiger partial charge is 0.497 e. The van der Waals surface area contributed by atoms with Crippen LogP contribution in [0.4, 0.5) is 0 Å². The topological polar surface area (TPSA) is 70.7 Å². The van der Waals surface area contributed by atoms with Crippen LogP contribution < -0.4 is 4.74 Å². The zero-order valence-corrected chi connectivity index (χ0v) is 12.9. The van der Waals surface area contributed by atoms with Gasteiger partial charge in [-0.1, -0.05) is 12.1 Å². The first-order valence-corrected chi connectivity index (χ1v) is 7.14. The van der Waals surface area contributed by atoms with Crippen LogP contribution in [0.5, 0.6) is 5.75 Å². The van der Waals surface area contributed by atoms with Gasteiger partial charge in [0.2, 0.25) is 5.82 Å². The van der Waals surface area contributed by atoms with Gasteiger partial charge in [-0.15, -0.1) is 10.2 Å². The summed E-state index contributed by atoms with van der Waals surface area (Å²) in [6.45, 7) is 1.28. The number of ether oxygens (including phenoxy) is 1. The Balaban J connectivity index is 1.70. The van der Waals surface area contributed by atoms with Crippen molar-refractivity contribution in [1.29, 1.82) is 0 Å². The van der Waals surface area contributed by atoms with Crippen molar-refractivity contribution in [2.75, 3.05) is 7.11 Å². The van der Waals surface area contributed by atoms with Crippen molar-refractivity contribution in [3.63, 3.8) is 0 Å². The Labute approximate surface area is 129 Å². The lowest BCUT2D eigenvalue weighted by molar-refractivity contribution is 0.415. The van der Waals surface area contributed by atoms with E-state index in [0.29, 0.717) is 18.9 Å². The Morgan fingerprint density at radius 2 is 2.19 bits per heavy atom. The van der Waals surface area contributed by atoms with Crippen LogP contribution in [0.25, 0.3) is 11.4 Å². The highest BCUT2D eigenvalue weighted by atomic mass is 79.9. The molecule has 7 nitrogen and oxygen atoms in total. The van der Waals surface area contributed by atoms with E-state index in [1.165, 1.54) is 0 Å². The van der Waals surface area contributed by atoms with Crippen molar-refractivity contribution >= 4 is 15.9 Å². The summed E-state index contributed by atoms with van der Waals surface area (Å²) < 4.78 is 7.96. The normalized spacial score (nSPS) is 10.8. The molecule has 0 N–H and O–H groups in total. The van der Waals surface area contributed by atoms with Crippen molar-refractivity contribution in [3.05, 3.63) is 41.1 Å². The summed E-state index contributed by atoms with van der Waals surface area (Å²) in [6.07, 6.45) is 3.65. The number of aromatic nitrogens is 6. The summed E-state index contributed by atoms with van der Waals surface area (Å²) in [5.74, 6) is 1.35. The van der Waals surface area contributed by atoms with Crippen LogP contribution in [-0.4, -0.2) is 37.1 Å². The molecule has 0 saturated heterocycles. The predicted octanol–water partition coefficient (Wildman–Crippen LogP) is 2.01. The van der Waals surface area contributed by atoms with E-state index in [1.54, 1.807) is 18.1 Å². The van der Waals surface area contributed by atoms with Crippen LogP contribution in [0.3, 0.4) is 0 Å². The van der Waals surface area contributed by atoms with Gasteiger partial charge < -0.3 is 4.74 Å². The number of rotatable bonds is 5. The van der Waals surface area contributed by atoms with Crippen LogP contribution in [0.15, 0.2) is 41.1 Å². The summed E-state index contributed by atoms with van der Waals surface area (Å²) in [6, 6.07) is 7.58. The van der Waals surface area contributed by atoms with Crippen LogP contribution in [-0.2, 0) is 13.1 Å². The molecule has 0 aliphatic carbocycles. The molecule has 0 aliphatic rings. The highest BCUT2D eigenvalue weighted by Crippen LogP contribution is 2.19. The molecule has 3 aromatic rings. The number of aryl methyl sites for hydroxylation is 2. The minimum absolute atomic E-state index is 0.579. The highest BCUT2D eigenvalue weighted by Gasteiger charge is 2.07. The molecule has 0 bridgehead atoms. The van der Waals surface area contributed by atoms with Gasteiger partial charge in [0.05, 0.1) is 30.9 Å². The van der Waals surface area contributed by atoms with Crippen LogP contribution in [0.2, 0.25) is 0 Å². The molecule has 0 atom stereocenters. The minimum Gasteiger partial charge on any atom is -0.497 e. The van der Waals surface area contributed by atoms with Crippen molar-refractivity contribution in [3.8, 4) is 17.1 Å². The van der Waals surface area contributed by atoms with Crippen LogP contribution in [0, 0.1) is 0 Å². The van der Waals surface area contributed by atoms with Crippen molar-refractivity contribution < 1.29 is 4.74 Å². The van der Waals surface area contributed by atoms with Crippen molar-refractivity contribution in [1.82, 2.24) is 30.0 Å². The second-order valence-corrected chi connectivity index (χ2v) is 5.28. The molecule has 0 amide bonds. The zero-order valence-electron chi connectivity index (χ0n) is 11.3. The Bertz CT molecular complexity index is 738. The Morgan fingerprint density at radius 3 is 2.95 bits per heavy atom. The van der Waals surface area contributed by atoms with Crippen molar-refractivity contribution in [2.24, 2.45) is 0 Å². The Hall–Kier alpha value is -2.22. The molecule has 0 spiro atoms. The van der Waals surface area contributed by atoms with E-state index >= 15 is 0 Å². The number of tetrazole rings is 1. The van der Waals surface area contributed by atoms with Crippen LogP contribution in [0.1, 0.15) is 0 Å². The van der Waals surface area contributed by atoms with Gasteiger partial charge in [-0.05, 0) is 33.3 Å². The molecular weight excluding hydrogens is 336 g/mol. The Kier molecular flexibility index (Phi) is 3.96. The van der Waals surface area contributed by atoms with Gasteiger partial charge in [0, 0.05) is 11.8 Å². The average Bonchev–Trinajstić information content (AvgIpc) is 3.14. The third-order valence-corrected chi connectivity index (χ3v) is 3.32. The number of hydrogen-bond acceptors (Lipinski definition) is 5. The Morgan fingerprint density at radius 1 is 1.29 bits per heavy atom. The molecule has 21 heavy (non-hydrogen) atoms. The average molecular weight is 349 g/mol. The fourth-order valence-electron chi connectivity index (χ4n) is 1.87. The third kappa shape index (κ3) is 3.27. The second-order valence-electron chi connectivity index (χ2n) is 4.36. The van der Waals surface area contributed by atoms with E-state index in [0.717, 1.165) is 15.8 Å². The molecule has 0 fully saturated rings. The molecule has 0 unspecified atom stereocenters. The quantitative estimate of drug-likeness (QED) is 0.705. The smallest absolute Gasteiger partial charge is 0.205 e. The fraction of sp³-hybridized carbons (Fsp3) is 0.231. The molecule has 8 heteroatoms. The minimum atomic E-state index is 0.579. The molecule has 1 aromatic carbocycles. The van der Waals surface area contributed by atoms with E-state index in [9.17, 15) is 0 Å². The molecule has 2 aromatic heterocycles. The lowest BCUT2D eigenvalue weighted by Gasteiger charge is -2.00. The van der Waals surface area contributed by atoms with E-state index in [1.807, 2.05) is 35.1 Å². The van der Waals surface area contributed by atoms with Gasteiger partial charge in [-0.25, -0.2) is 0 Å². The monoisotopic (exact) mass is 348 g/mol. The van der Waals surface area contributed by atoms with E-state index in [4.69, 9.17) is 4.74 Å². The molecule has 0 saturated carbocycles. The predicted molar refractivity (Wildman–Crippen MR) is 79.7 cm³/mol. The third-order valence-electron chi connectivity index (χ3n) is 2.91. The van der Waals surface area contributed by atoms with Crippen LogP contribution >= 0.6 is 15.9 Å². The standard InChI is InChI=1S/C13H13BrN6O/c1-21-12-4-2-3-10(7-12)13-16-18-20(17-13)6-5-19-9-11(14)8-15-19/h2-4,7-9H,5-6H2,1H3. The summed E-state index contributed by atoms with van der Waals surface area (Å²) in [5.41, 5.74) is 0.877. The van der Waals surface area contributed by atoms with Gasteiger partial charge >= 0.3 is 0 Å².